The third kappa shape index (κ3) is 4.51. The Morgan fingerprint density at radius 3 is 2.62 bits per heavy atom. The first kappa shape index (κ1) is 15.4. The molecule has 0 radical (unpaired) electrons. The summed E-state index contributed by atoms with van der Waals surface area (Å²) in [4.78, 5) is 15.7. The van der Waals surface area contributed by atoms with E-state index in [1.807, 2.05) is 12.1 Å². The molecule has 1 aromatic heterocycles. The number of hydrogen-bond acceptors (Lipinski definition) is 3. The monoisotopic (exact) mass is 325 g/mol. The van der Waals surface area contributed by atoms with E-state index in [4.69, 9.17) is 23.2 Å². The van der Waals surface area contributed by atoms with Crippen LogP contribution in [0.5, 0.6) is 5.75 Å². The molecule has 0 aliphatic carbocycles. The van der Waals surface area contributed by atoms with Crippen LogP contribution in [-0.4, -0.2) is 22.7 Å². The van der Waals surface area contributed by atoms with Gasteiger partial charge in [-0.15, -0.1) is 0 Å². The van der Waals surface area contributed by atoms with E-state index in [0.717, 1.165) is 5.56 Å². The number of rotatable bonds is 4. The minimum atomic E-state index is -0.378. The highest BCUT2D eigenvalue weighted by Gasteiger charge is 2.08. The molecule has 0 aliphatic heterocycles. The zero-order valence-electron chi connectivity index (χ0n) is 10.9. The van der Waals surface area contributed by atoms with Crippen LogP contribution >= 0.6 is 23.2 Å². The number of anilines is 1. The molecule has 110 valence electrons. The number of phenols is 1. The highest BCUT2D eigenvalue weighted by molar-refractivity contribution is 6.37. The second kappa shape index (κ2) is 7.15. The van der Waals surface area contributed by atoms with E-state index in [1.54, 1.807) is 12.4 Å². The van der Waals surface area contributed by atoms with E-state index in [0.29, 0.717) is 18.7 Å². The smallest absolute Gasteiger partial charge is 0.319 e. The van der Waals surface area contributed by atoms with E-state index in [1.165, 1.54) is 12.1 Å². The average Bonchev–Trinajstić information content (AvgIpc) is 2.46. The third-order valence-corrected chi connectivity index (χ3v) is 3.27. The first-order valence-electron chi connectivity index (χ1n) is 6.18. The summed E-state index contributed by atoms with van der Waals surface area (Å²) in [6, 6.07) is 6.24. The highest BCUT2D eigenvalue weighted by atomic mass is 35.5. The Labute approximate surface area is 131 Å². The Bertz CT molecular complexity index is 612. The number of amides is 2. The number of halogens is 2. The first-order chi connectivity index (χ1) is 10.1. The van der Waals surface area contributed by atoms with Crippen LogP contribution in [0.4, 0.5) is 10.5 Å². The van der Waals surface area contributed by atoms with Gasteiger partial charge in [0.2, 0.25) is 0 Å². The van der Waals surface area contributed by atoms with Crippen molar-refractivity contribution >= 4 is 34.9 Å². The lowest BCUT2D eigenvalue weighted by atomic mass is 10.2. The molecule has 5 nitrogen and oxygen atoms in total. The molecule has 1 heterocycles. The molecule has 2 rings (SSSR count). The van der Waals surface area contributed by atoms with Crippen LogP contribution in [0.1, 0.15) is 5.56 Å². The maximum absolute atomic E-state index is 11.7. The zero-order chi connectivity index (χ0) is 15.2. The molecule has 3 N–H and O–H groups in total. The van der Waals surface area contributed by atoms with Crippen LogP contribution in [0.2, 0.25) is 10.0 Å². The van der Waals surface area contributed by atoms with Crippen molar-refractivity contribution in [2.24, 2.45) is 0 Å². The summed E-state index contributed by atoms with van der Waals surface area (Å²) in [6.45, 7) is 0.469. The van der Waals surface area contributed by atoms with Gasteiger partial charge in [0.1, 0.15) is 0 Å². The molecule has 0 spiro atoms. The van der Waals surface area contributed by atoms with Crippen LogP contribution in [0.25, 0.3) is 0 Å². The summed E-state index contributed by atoms with van der Waals surface area (Å²) < 4.78 is 0. The van der Waals surface area contributed by atoms with Gasteiger partial charge >= 0.3 is 6.03 Å². The van der Waals surface area contributed by atoms with Gasteiger partial charge in [-0.2, -0.15) is 0 Å². The van der Waals surface area contributed by atoms with Crippen molar-refractivity contribution in [3.63, 3.8) is 0 Å². The molecule has 21 heavy (non-hydrogen) atoms. The van der Waals surface area contributed by atoms with Crippen molar-refractivity contribution in [1.82, 2.24) is 10.3 Å². The molecule has 0 unspecified atom stereocenters. The maximum atomic E-state index is 11.7. The van der Waals surface area contributed by atoms with Gasteiger partial charge in [-0.1, -0.05) is 29.3 Å². The summed E-state index contributed by atoms with van der Waals surface area (Å²) in [5.41, 5.74) is 1.44. The second-order valence-electron chi connectivity index (χ2n) is 4.28. The normalized spacial score (nSPS) is 10.2. The van der Waals surface area contributed by atoms with Gasteiger partial charge in [0.15, 0.2) is 5.75 Å². The van der Waals surface area contributed by atoms with Crippen molar-refractivity contribution in [2.75, 3.05) is 11.9 Å². The largest absolute Gasteiger partial charge is 0.505 e. The second-order valence-corrected chi connectivity index (χ2v) is 5.10. The Morgan fingerprint density at radius 1 is 1.29 bits per heavy atom. The molecule has 2 amide bonds. The van der Waals surface area contributed by atoms with Gasteiger partial charge in [0.05, 0.1) is 10.0 Å². The minimum absolute atomic E-state index is 0.0770. The Kier molecular flexibility index (Phi) is 5.25. The number of nitrogens with one attached hydrogen (secondary N) is 2. The molecule has 1 aromatic carbocycles. The van der Waals surface area contributed by atoms with Crippen LogP contribution < -0.4 is 10.6 Å². The van der Waals surface area contributed by atoms with Crippen molar-refractivity contribution in [3.8, 4) is 5.75 Å². The summed E-state index contributed by atoms with van der Waals surface area (Å²) in [6.07, 6.45) is 4.12. The van der Waals surface area contributed by atoms with E-state index >= 15 is 0 Å². The van der Waals surface area contributed by atoms with E-state index in [9.17, 15) is 9.90 Å². The lowest BCUT2D eigenvalue weighted by Crippen LogP contribution is -2.30. The van der Waals surface area contributed by atoms with Crippen LogP contribution in [-0.2, 0) is 6.42 Å². The van der Waals surface area contributed by atoms with Crippen LogP contribution in [0.15, 0.2) is 36.7 Å². The first-order valence-corrected chi connectivity index (χ1v) is 6.93. The van der Waals surface area contributed by atoms with Crippen LogP contribution in [0.3, 0.4) is 0 Å². The molecule has 0 atom stereocenters. The predicted octanol–water partition coefficient (Wildman–Crippen LogP) is 3.46. The van der Waals surface area contributed by atoms with Crippen molar-refractivity contribution in [1.29, 1.82) is 0 Å². The van der Waals surface area contributed by atoms with Gasteiger partial charge < -0.3 is 15.7 Å². The Hall–Kier alpha value is -1.98. The number of aromatic nitrogens is 1. The van der Waals surface area contributed by atoms with E-state index in [2.05, 4.69) is 15.6 Å². The third-order valence-electron chi connectivity index (χ3n) is 2.70. The van der Waals surface area contributed by atoms with Gasteiger partial charge in [-0.25, -0.2) is 4.79 Å². The van der Waals surface area contributed by atoms with Crippen LogP contribution in [0, 0.1) is 0 Å². The number of carbonyl (C=O) groups is 1. The fraction of sp³-hybridized carbons (Fsp3) is 0.143. The fourth-order valence-corrected chi connectivity index (χ4v) is 2.17. The lowest BCUT2D eigenvalue weighted by Gasteiger charge is -2.09. The maximum Gasteiger partial charge on any atom is 0.319 e. The summed E-state index contributed by atoms with van der Waals surface area (Å²) in [5.74, 6) is -0.208. The molecule has 0 saturated carbocycles. The molecule has 2 aromatic rings. The number of phenolic OH excluding ortho intramolecular Hbond substituents is 1. The molecular formula is C14H13Cl2N3O2. The number of nitrogens with zero attached hydrogens (tertiary/aromatic N) is 1. The van der Waals surface area contributed by atoms with Gasteiger partial charge in [0.25, 0.3) is 0 Å². The Balaban J connectivity index is 1.85. The number of urea groups is 1. The quantitative estimate of drug-likeness (QED) is 0.753. The standard InChI is InChI=1S/C14H13Cl2N3O2/c15-11-6-10(7-12(16)13(11)20)19-14(21)18-5-3-9-2-1-4-17-8-9/h1-2,4,6-8,20H,3,5H2,(H2,18,19,21). The van der Waals surface area contributed by atoms with Gasteiger partial charge in [-0.3, -0.25) is 4.98 Å². The zero-order valence-corrected chi connectivity index (χ0v) is 12.4. The average molecular weight is 326 g/mol. The predicted molar refractivity (Wildman–Crippen MR) is 83.1 cm³/mol. The Morgan fingerprint density at radius 2 is 2.00 bits per heavy atom. The minimum Gasteiger partial charge on any atom is -0.505 e. The fourth-order valence-electron chi connectivity index (χ4n) is 1.68. The summed E-state index contributed by atoms with van der Waals surface area (Å²) in [5, 5.41) is 14.9. The number of hydrogen-bond donors (Lipinski definition) is 3. The number of benzene rings is 1. The molecule has 0 saturated heterocycles. The highest BCUT2D eigenvalue weighted by Crippen LogP contribution is 2.34. The molecule has 0 fully saturated rings. The number of carbonyl (C=O) groups excluding carboxylic acids is 1. The van der Waals surface area contributed by atoms with Crippen molar-refractivity contribution in [2.45, 2.75) is 6.42 Å². The molecule has 7 heteroatoms. The van der Waals surface area contributed by atoms with Gasteiger partial charge in [-0.05, 0) is 30.2 Å². The topological polar surface area (TPSA) is 74.2 Å². The van der Waals surface area contributed by atoms with Crippen molar-refractivity contribution < 1.29 is 9.90 Å². The van der Waals surface area contributed by atoms with E-state index < -0.39 is 0 Å². The summed E-state index contributed by atoms with van der Waals surface area (Å²) in [7, 11) is 0. The SMILES string of the molecule is O=C(NCCc1cccnc1)Nc1cc(Cl)c(O)c(Cl)c1. The summed E-state index contributed by atoms with van der Waals surface area (Å²) >= 11 is 11.5. The molecule has 0 aliphatic rings. The molecule has 0 bridgehead atoms. The lowest BCUT2D eigenvalue weighted by molar-refractivity contribution is 0.252. The van der Waals surface area contributed by atoms with Gasteiger partial charge in [0, 0.05) is 24.6 Å². The number of pyridine rings is 1. The van der Waals surface area contributed by atoms with E-state index in [-0.39, 0.29) is 21.8 Å². The molecular weight excluding hydrogens is 313 g/mol. The van der Waals surface area contributed by atoms with Crippen molar-refractivity contribution in [3.05, 3.63) is 52.3 Å². The number of aromatic hydroxyl groups is 1.